The number of furan rings is 1. The van der Waals surface area contributed by atoms with Crippen LogP contribution in [0.2, 0.25) is 0 Å². The third-order valence-electron chi connectivity index (χ3n) is 6.59. The number of aliphatic hydroxyl groups excluding tert-OH is 5. The van der Waals surface area contributed by atoms with Crippen molar-refractivity contribution < 1.29 is 49.0 Å². The van der Waals surface area contributed by atoms with E-state index in [1.807, 2.05) is 0 Å². The molecule has 2 aromatic carbocycles. The number of benzene rings is 2. The van der Waals surface area contributed by atoms with Gasteiger partial charge < -0.3 is 49.5 Å². The topological polar surface area (TPSA) is 184 Å². The van der Waals surface area contributed by atoms with E-state index in [1.165, 1.54) is 21.3 Å². The van der Waals surface area contributed by atoms with Crippen LogP contribution in [0.15, 0.2) is 59.1 Å². The Morgan fingerprint density at radius 3 is 2.22 bits per heavy atom. The van der Waals surface area contributed by atoms with E-state index in [4.69, 9.17) is 23.7 Å². The number of methoxy groups -OCH3 is 3. The Labute approximate surface area is 235 Å². The van der Waals surface area contributed by atoms with Crippen molar-refractivity contribution in [3.8, 4) is 39.7 Å². The number of carbonyl (C=O) groups is 1. The Hall–Kier alpha value is -4.20. The van der Waals surface area contributed by atoms with Crippen LogP contribution >= 0.6 is 0 Å². The summed E-state index contributed by atoms with van der Waals surface area (Å²) in [6, 6.07) is 13.8. The van der Waals surface area contributed by atoms with Gasteiger partial charge in [-0.1, -0.05) is 12.1 Å². The van der Waals surface area contributed by atoms with Crippen molar-refractivity contribution in [2.24, 2.45) is 0 Å². The average molecular weight is 569 g/mol. The molecule has 0 aliphatic carbocycles. The first-order valence-electron chi connectivity index (χ1n) is 12.6. The van der Waals surface area contributed by atoms with Gasteiger partial charge >= 0.3 is 0 Å². The molecule has 0 bridgehead atoms. The Morgan fingerprint density at radius 2 is 1.59 bits per heavy atom. The molecule has 0 unspecified atom stereocenters. The number of pyridine rings is 1. The maximum atomic E-state index is 12.8. The molecule has 0 aliphatic heterocycles. The van der Waals surface area contributed by atoms with Gasteiger partial charge in [0.15, 0.2) is 17.1 Å². The number of rotatable bonds is 12. The predicted molar refractivity (Wildman–Crippen MR) is 148 cm³/mol. The maximum Gasteiger partial charge on any atom is 0.251 e. The molecule has 2 heterocycles. The van der Waals surface area contributed by atoms with Crippen molar-refractivity contribution in [2.45, 2.75) is 24.4 Å². The van der Waals surface area contributed by atoms with Crippen molar-refractivity contribution in [2.75, 3.05) is 34.5 Å². The van der Waals surface area contributed by atoms with E-state index < -0.39 is 43.5 Å². The minimum absolute atomic E-state index is 0.265. The van der Waals surface area contributed by atoms with Crippen molar-refractivity contribution in [1.29, 1.82) is 0 Å². The van der Waals surface area contributed by atoms with E-state index in [2.05, 4.69) is 10.3 Å². The Balaban J connectivity index is 1.59. The van der Waals surface area contributed by atoms with Gasteiger partial charge in [0.25, 0.3) is 5.91 Å². The van der Waals surface area contributed by atoms with Crippen LogP contribution in [0.25, 0.3) is 33.6 Å². The number of hydrogen-bond acceptors (Lipinski definition) is 11. The summed E-state index contributed by atoms with van der Waals surface area (Å²) in [5.74, 6) is 1.34. The molecule has 6 N–H and O–H groups in total. The normalized spacial score (nSPS) is 14.2. The summed E-state index contributed by atoms with van der Waals surface area (Å²) >= 11 is 0. The molecule has 4 rings (SSSR count). The second-order valence-corrected chi connectivity index (χ2v) is 9.19. The Kier molecular flexibility index (Phi) is 9.42. The zero-order valence-electron chi connectivity index (χ0n) is 22.6. The Bertz CT molecular complexity index is 1480. The first-order valence-corrected chi connectivity index (χ1v) is 12.6. The van der Waals surface area contributed by atoms with Crippen molar-refractivity contribution in [1.82, 2.24) is 10.3 Å². The first-order chi connectivity index (χ1) is 19.7. The number of fused-ring (bicyclic) bond motifs is 1. The van der Waals surface area contributed by atoms with Crippen LogP contribution in [-0.4, -0.2) is 95.3 Å². The van der Waals surface area contributed by atoms with Crippen LogP contribution in [0.5, 0.6) is 17.2 Å². The van der Waals surface area contributed by atoms with Gasteiger partial charge in [-0.15, -0.1) is 0 Å². The molecule has 0 radical (unpaired) electrons. The Morgan fingerprint density at radius 1 is 0.902 bits per heavy atom. The minimum Gasteiger partial charge on any atom is -0.493 e. The standard InChI is InChI=1S/C29H32N2O10/c1-38-23-10-17(11-24(39-2)28(23)40-3)22-12-19-27(41-22)18(7-8-30-19)15-5-4-6-16(9-15)29(37)31-13-20(33)25(35)26(36)21(34)14-32/h4-12,20-21,25-26,32-36H,13-14H2,1-3H3,(H,31,37)/t20-,21+,25+,26+/m0/s1. The number of nitrogens with zero attached hydrogens (tertiary/aromatic N) is 1. The molecule has 0 saturated heterocycles. The SMILES string of the molecule is COc1cc(-c2cc3nccc(-c4cccc(C(=O)NC[C@H](O)[C@@H](O)[C@H](O)[C@H](O)CO)c4)c3o2)cc(OC)c1OC. The summed E-state index contributed by atoms with van der Waals surface area (Å²) < 4.78 is 22.5. The fraction of sp³-hybridized carbons (Fsp3) is 0.310. The molecule has 0 fully saturated rings. The summed E-state index contributed by atoms with van der Waals surface area (Å²) in [7, 11) is 4.57. The third-order valence-corrected chi connectivity index (χ3v) is 6.59. The molecule has 12 nitrogen and oxygen atoms in total. The van der Waals surface area contributed by atoms with E-state index in [0.717, 1.165) is 0 Å². The molecular weight excluding hydrogens is 536 g/mol. The summed E-state index contributed by atoms with van der Waals surface area (Å²) in [6.07, 6.45) is -5.17. The lowest BCUT2D eigenvalue weighted by molar-refractivity contribution is -0.113. The van der Waals surface area contributed by atoms with Crippen molar-refractivity contribution in [3.63, 3.8) is 0 Å². The summed E-state index contributed by atoms with van der Waals surface area (Å²) in [6.45, 7) is -1.21. The van der Waals surface area contributed by atoms with E-state index >= 15 is 0 Å². The smallest absolute Gasteiger partial charge is 0.251 e. The highest BCUT2D eigenvalue weighted by atomic mass is 16.5. The lowest BCUT2D eigenvalue weighted by atomic mass is 10.0. The van der Waals surface area contributed by atoms with E-state index in [9.17, 15) is 25.2 Å². The quantitative estimate of drug-likeness (QED) is 0.145. The minimum atomic E-state index is -1.79. The largest absolute Gasteiger partial charge is 0.493 e. The second-order valence-electron chi connectivity index (χ2n) is 9.19. The highest BCUT2D eigenvalue weighted by Crippen LogP contribution is 2.42. The van der Waals surface area contributed by atoms with Crippen LogP contribution in [-0.2, 0) is 0 Å². The van der Waals surface area contributed by atoms with Crippen molar-refractivity contribution >= 4 is 17.0 Å². The molecule has 218 valence electrons. The number of amides is 1. The summed E-state index contributed by atoms with van der Waals surface area (Å²) in [5, 5.41) is 50.7. The van der Waals surface area contributed by atoms with E-state index in [-0.39, 0.29) is 5.56 Å². The fourth-order valence-corrected chi connectivity index (χ4v) is 4.34. The molecule has 0 saturated carbocycles. The van der Waals surface area contributed by atoms with Gasteiger partial charge in [0.1, 0.15) is 29.6 Å². The number of nitrogens with one attached hydrogen (secondary N) is 1. The fourth-order valence-electron chi connectivity index (χ4n) is 4.34. The van der Waals surface area contributed by atoms with Crippen LogP contribution in [0, 0.1) is 0 Å². The van der Waals surface area contributed by atoms with E-state index in [0.29, 0.717) is 50.8 Å². The molecule has 4 atom stereocenters. The number of aliphatic hydroxyl groups is 5. The van der Waals surface area contributed by atoms with Gasteiger partial charge in [-0.05, 0) is 35.9 Å². The van der Waals surface area contributed by atoms with Gasteiger partial charge in [0.2, 0.25) is 5.75 Å². The first kappa shape index (κ1) is 29.8. The molecular formula is C29H32N2O10. The number of aromatic nitrogens is 1. The highest BCUT2D eigenvalue weighted by molar-refractivity contribution is 5.98. The van der Waals surface area contributed by atoms with Gasteiger partial charge in [0.05, 0.1) is 34.0 Å². The van der Waals surface area contributed by atoms with Gasteiger partial charge in [-0.2, -0.15) is 0 Å². The van der Waals surface area contributed by atoms with Crippen LogP contribution in [0.4, 0.5) is 0 Å². The molecule has 1 amide bonds. The lowest BCUT2D eigenvalue weighted by Crippen LogP contribution is -2.49. The number of carbonyl (C=O) groups excluding carboxylic acids is 1. The van der Waals surface area contributed by atoms with Gasteiger partial charge in [-0.25, -0.2) is 0 Å². The average Bonchev–Trinajstić information content (AvgIpc) is 3.46. The number of ether oxygens (including phenoxy) is 3. The molecule has 0 spiro atoms. The zero-order valence-corrected chi connectivity index (χ0v) is 22.6. The lowest BCUT2D eigenvalue weighted by Gasteiger charge is -2.25. The van der Waals surface area contributed by atoms with Gasteiger partial charge in [-0.3, -0.25) is 9.78 Å². The summed E-state index contributed by atoms with van der Waals surface area (Å²) in [4.78, 5) is 17.2. The monoisotopic (exact) mass is 568 g/mol. The molecule has 2 aromatic heterocycles. The molecule has 12 heteroatoms. The molecule has 4 aromatic rings. The second kappa shape index (κ2) is 13.0. The van der Waals surface area contributed by atoms with Crippen molar-refractivity contribution in [3.05, 3.63) is 60.3 Å². The van der Waals surface area contributed by atoms with Crippen LogP contribution in [0.1, 0.15) is 10.4 Å². The number of hydrogen-bond donors (Lipinski definition) is 6. The van der Waals surface area contributed by atoms with Crippen LogP contribution in [0.3, 0.4) is 0 Å². The molecule has 0 aliphatic rings. The van der Waals surface area contributed by atoms with E-state index in [1.54, 1.807) is 54.7 Å². The molecule has 41 heavy (non-hydrogen) atoms. The predicted octanol–water partition coefficient (Wildman–Crippen LogP) is 1.35. The maximum absolute atomic E-state index is 12.8. The zero-order chi connectivity index (χ0) is 29.7. The third kappa shape index (κ3) is 6.26. The highest BCUT2D eigenvalue weighted by Gasteiger charge is 2.30. The van der Waals surface area contributed by atoms with Crippen LogP contribution < -0.4 is 19.5 Å². The summed E-state index contributed by atoms with van der Waals surface area (Å²) in [5.41, 5.74) is 3.36. The van der Waals surface area contributed by atoms with Gasteiger partial charge in [0, 0.05) is 35.5 Å².